The lowest BCUT2D eigenvalue weighted by molar-refractivity contribution is -0.295. The summed E-state index contributed by atoms with van der Waals surface area (Å²) in [7, 11) is 0. The molecule has 1 aliphatic heterocycles. The smallest absolute Gasteiger partial charge is 0.364 e. The number of amides is 1. The number of hydrogen-bond donors (Lipinski definition) is 7. The standard InChI is InChI=1S/C11H18ClNO9/c12-2-6(17)13-7-4(15)1-11(21,10(19)20)22-9(7)8(18)5(16)3-14/h4-5,7-9,14-16,18,21H,1-3H2,(H,13,17)(H,19,20)/t4-,5?,7-,8-,9?,11?/m1/s1. The van der Waals surface area contributed by atoms with Gasteiger partial charge in [-0.15, -0.1) is 11.6 Å². The third-order valence-corrected chi connectivity index (χ3v) is 3.53. The number of halogens is 1. The molecule has 128 valence electrons. The molecule has 0 aromatic carbocycles. The highest BCUT2D eigenvalue weighted by Gasteiger charge is 2.53. The predicted molar refractivity (Wildman–Crippen MR) is 69.8 cm³/mol. The van der Waals surface area contributed by atoms with Gasteiger partial charge in [0.05, 0.1) is 18.8 Å². The molecule has 1 heterocycles. The lowest BCUT2D eigenvalue weighted by Gasteiger charge is -2.44. The molecule has 10 nitrogen and oxygen atoms in total. The van der Waals surface area contributed by atoms with Crippen molar-refractivity contribution in [3.05, 3.63) is 0 Å². The largest absolute Gasteiger partial charge is 0.477 e. The van der Waals surface area contributed by atoms with E-state index in [4.69, 9.17) is 26.6 Å². The minimum atomic E-state index is -2.82. The van der Waals surface area contributed by atoms with Gasteiger partial charge in [0.15, 0.2) is 0 Å². The van der Waals surface area contributed by atoms with E-state index in [1.54, 1.807) is 0 Å². The van der Waals surface area contributed by atoms with Crippen LogP contribution in [0.25, 0.3) is 0 Å². The Morgan fingerprint density at radius 2 is 2.00 bits per heavy atom. The van der Waals surface area contributed by atoms with E-state index in [9.17, 15) is 30.0 Å². The number of rotatable bonds is 6. The molecule has 22 heavy (non-hydrogen) atoms. The fourth-order valence-electron chi connectivity index (χ4n) is 2.13. The molecule has 3 unspecified atom stereocenters. The third-order valence-electron chi connectivity index (χ3n) is 3.29. The quantitative estimate of drug-likeness (QED) is 0.239. The second kappa shape index (κ2) is 7.51. The van der Waals surface area contributed by atoms with E-state index < -0.39 is 67.0 Å². The molecule has 0 spiro atoms. The van der Waals surface area contributed by atoms with Gasteiger partial charge in [0.25, 0.3) is 5.79 Å². The summed E-state index contributed by atoms with van der Waals surface area (Å²) in [5, 5.41) is 59.1. The fraction of sp³-hybridized carbons (Fsp3) is 0.818. The van der Waals surface area contributed by atoms with Gasteiger partial charge in [-0.05, 0) is 0 Å². The van der Waals surface area contributed by atoms with Gasteiger partial charge in [0.1, 0.15) is 24.2 Å². The molecule has 0 radical (unpaired) electrons. The van der Waals surface area contributed by atoms with Gasteiger partial charge in [0, 0.05) is 6.42 Å². The number of ether oxygens (including phenoxy) is 1. The van der Waals surface area contributed by atoms with Crippen molar-refractivity contribution >= 4 is 23.5 Å². The summed E-state index contributed by atoms with van der Waals surface area (Å²) in [6, 6.07) is -1.35. The SMILES string of the molecule is O=C(CCl)N[C@H]1C([C@H](O)C(O)CO)OC(O)(C(=O)O)C[C@H]1O. The van der Waals surface area contributed by atoms with Crippen LogP contribution in [-0.4, -0.2) is 91.2 Å². The number of nitrogens with one attached hydrogen (secondary N) is 1. The van der Waals surface area contributed by atoms with Gasteiger partial charge in [-0.1, -0.05) is 0 Å². The van der Waals surface area contributed by atoms with Crippen LogP contribution in [0.3, 0.4) is 0 Å². The maximum Gasteiger partial charge on any atom is 0.364 e. The molecule has 1 rings (SSSR count). The Kier molecular flexibility index (Phi) is 6.50. The highest BCUT2D eigenvalue weighted by molar-refractivity contribution is 6.27. The lowest BCUT2D eigenvalue weighted by atomic mass is 9.88. The number of aliphatic hydroxyl groups is 5. The third kappa shape index (κ3) is 4.04. The molecule has 1 saturated heterocycles. The number of carbonyl (C=O) groups is 2. The molecule has 6 atom stereocenters. The molecule has 0 aliphatic carbocycles. The zero-order valence-corrected chi connectivity index (χ0v) is 12.0. The van der Waals surface area contributed by atoms with E-state index in [-0.39, 0.29) is 0 Å². The summed E-state index contributed by atoms with van der Waals surface area (Å²) in [6.07, 6.45) is -7.71. The average Bonchev–Trinajstić information content (AvgIpc) is 2.47. The number of alkyl halides is 1. The second-order valence-electron chi connectivity index (χ2n) is 4.91. The first-order valence-corrected chi connectivity index (χ1v) is 6.83. The lowest BCUT2D eigenvalue weighted by Crippen LogP contribution is -2.67. The Bertz CT molecular complexity index is 422. The zero-order chi connectivity index (χ0) is 17.1. The number of aliphatic hydroxyl groups excluding tert-OH is 4. The average molecular weight is 344 g/mol. The topological polar surface area (TPSA) is 177 Å². The van der Waals surface area contributed by atoms with Gasteiger partial charge in [0.2, 0.25) is 5.91 Å². The normalized spacial score (nSPS) is 34.7. The van der Waals surface area contributed by atoms with E-state index in [0.717, 1.165) is 0 Å². The first kappa shape index (κ1) is 19.0. The summed E-state index contributed by atoms with van der Waals surface area (Å²) in [6.45, 7) is -0.890. The Hall–Kier alpha value is -1.01. The molecular formula is C11H18ClNO9. The van der Waals surface area contributed by atoms with Crippen LogP contribution < -0.4 is 5.32 Å². The van der Waals surface area contributed by atoms with Crippen molar-refractivity contribution < 1.29 is 45.0 Å². The summed E-state index contributed by atoms with van der Waals surface area (Å²) in [5.41, 5.74) is 0. The van der Waals surface area contributed by atoms with Crippen LogP contribution in [-0.2, 0) is 14.3 Å². The monoisotopic (exact) mass is 343 g/mol. The minimum Gasteiger partial charge on any atom is -0.477 e. The first-order chi connectivity index (χ1) is 10.2. The van der Waals surface area contributed by atoms with Crippen molar-refractivity contribution in [2.75, 3.05) is 12.5 Å². The molecule has 0 aromatic heterocycles. The van der Waals surface area contributed by atoms with Gasteiger partial charge in [-0.3, -0.25) is 4.79 Å². The Morgan fingerprint density at radius 3 is 2.45 bits per heavy atom. The molecule has 0 aromatic rings. The van der Waals surface area contributed by atoms with Gasteiger partial charge in [-0.2, -0.15) is 0 Å². The van der Waals surface area contributed by atoms with E-state index in [0.29, 0.717) is 0 Å². The van der Waals surface area contributed by atoms with Gasteiger partial charge in [-0.25, -0.2) is 4.79 Å². The summed E-state index contributed by atoms with van der Waals surface area (Å²) in [4.78, 5) is 22.4. The van der Waals surface area contributed by atoms with Crippen LogP contribution in [0.5, 0.6) is 0 Å². The minimum absolute atomic E-state index is 0.474. The molecule has 1 fully saturated rings. The van der Waals surface area contributed by atoms with E-state index in [1.165, 1.54) is 0 Å². The fourth-order valence-corrected chi connectivity index (χ4v) is 2.20. The first-order valence-electron chi connectivity index (χ1n) is 6.30. The second-order valence-corrected chi connectivity index (χ2v) is 5.18. The number of carboxylic acid groups (broad SMARTS) is 1. The van der Waals surface area contributed by atoms with E-state index >= 15 is 0 Å². The molecule has 11 heteroatoms. The van der Waals surface area contributed by atoms with E-state index in [1.807, 2.05) is 0 Å². The van der Waals surface area contributed by atoms with E-state index in [2.05, 4.69) is 5.32 Å². The van der Waals surface area contributed by atoms with Crippen molar-refractivity contribution in [3.8, 4) is 0 Å². The number of carbonyl (C=O) groups excluding carboxylic acids is 1. The van der Waals surface area contributed by atoms with Crippen LogP contribution in [0.4, 0.5) is 0 Å². The number of carboxylic acids is 1. The van der Waals surface area contributed by atoms with Gasteiger partial charge < -0.3 is 40.7 Å². The van der Waals surface area contributed by atoms with Crippen molar-refractivity contribution in [2.24, 2.45) is 0 Å². The summed E-state index contributed by atoms with van der Waals surface area (Å²) in [5.74, 6) is -5.85. The van der Waals surface area contributed by atoms with Crippen LogP contribution in [0.2, 0.25) is 0 Å². The molecule has 0 bridgehead atoms. The van der Waals surface area contributed by atoms with Crippen molar-refractivity contribution in [1.29, 1.82) is 0 Å². The van der Waals surface area contributed by atoms with Crippen LogP contribution in [0.15, 0.2) is 0 Å². The molecular weight excluding hydrogens is 326 g/mol. The van der Waals surface area contributed by atoms with Crippen molar-refractivity contribution in [3.63, 3.8) is 0 Å². The Morgan fingerprint density at radius 1 is 1.41 bits per heavy atom. The van der Waals surface area contributed by atoms with Crippen molar-refractivity contribution in [1.82, 2.24) is 5.32 Å². The van der Waals surface area contributed by atoms with Crippen molar-refractivity contribution in [2.45, 2.75) is 42.7 Å². The molecule has 1 amide bonds. The maximum absolute atomic E-state index is 11.3. The predicted octanol–water partition coefficient (Wildman–Crippen LogP) is -3.65. The molecule has 7 N–H and O–H groups in total. The maximum atomic E-state index is 11.3. The number of hydrogen-bond acceptors (Lipinski definition) is 8. The van der Waals surface area contributed by atoms with Crippen LogP contribution >= 0.6 is 11.6 Å². The highest BCUT2D eigenvalue weighted by atomic mass is 35.5. The summed E-state index contributed by atoms with van der Waals surface area (Å²) < 4.78 is 4.87. The van der Waals surface area contributed by atoms with Gasteiger partial charge >= 0.3 is 5.97 Å². The van der Waals surface area contributed by atoms with Crippen LogP contribution in [0.1, 0.15) is 6.42 Å². The summed E-state index contributed by atoms with van der Waals surface area (Å²) >= 11 is 5.31. The Balaban J connectivity index is 3.07. The highest BCUT2D eigenvalue weighted by Crippen LogP contribution is 2.30. The zero-order valence-electron chi connectivity index (χ0n) is 11.3. The molecule has 0 saturated carbocycles. The Labute approximate surface area is 129 Å². The molecule has 1 aliphatic rings. The number of aliphatic carboxylic acids is 1. The van der Waals surface area contributed by atoms with Crippen LogP contribution in [0, 0.1) is 0 Å².